The molecule has 29 heavy (non-hydrogen) atoms. The van der Waals surface area contributed by atoms with Crippen molar-refractivity contribution >= 4 is 23.7 Å². The maximum Gasteiger partial charge on any atom is 0.407 e. The molecule has 2 N–H and O–H groups in total. The van der Waals surface area contributed by atoms with E-state index in [0.717, 1.165) is 0 Å². The highest BCUT2D eigenvalue weighted by atomic mass is 35.5. The van der Waals surface area contributed by atoms with Crippen LogP contribution >= 0.6 is 11.6 Å². The average Bonchev–Trinajstić information content (AvgIpc) is 2.96. The second-order valence-electron chi connectivity index (χ2n) is 8.46. The number of fused-ring (bicyclic) bond motifs is 1. The molecule has 2 aliphatic heterocycles. The van der Waals surface area contributed by atoms with Crippen molar-refractivity contribution in [2.75, 3.05) is 6.61 Å². The lowest BCUT2D eigenvalue weighted by molar-refractivity contribution is -0.185. The van der Waals surface area contributed by atoms with Crippen LogP contribution in [0.15, 0.2) is 6.07 Å². The maximum absolute atomic E-state index is 11.9. The molecule has 0 aliphatic carbocycles. The van der Waals surface area contributed by atoms with Gasteiger partial charge in [-0.2, -0.15) is 0 Å². The van der Waals surface area contributed by atoms with E-state index in [1.54, 1.807) is 34.6 Å². The molecule has 160 valence electrons. The van der Waals surface area contributed by atoms with Crippen LogP contribution in [0, 0.1) is 6.92 Å². The van der Waals surface area contributed by atoms with E-state index in [9.17, 15) is 14.7 Å². The number of rotatable bonds is 3. The molecule has 3 atom stereocenters. The zero-order valence-electron chi connectivity index (χ0n) is 17.1. The lowest BCUT2D eigenvalue weighted by Crippen LogP contribution is -2.54. The Hall–Kier alpha value is -2.19. The quantitative estimate of drug-likeness (QED) is 0.753. The van der Waals surface area contributed by atoms with Gasteiger partial charge in [0.05, 0.1) is 23.2 Å². The van der Waals surface area contributed by atoms with Crippen molar-refractivity contribution in [2.45, 2.75) is 71.0 Å². The van der Waals surface area contributed by atoms with Crippen LogP contribution in [0.25, 0.3) is 0 Å². The van der Waals surface area contributed by atoms with Crippen LogP contribution in [0.2, 0.25) is 5.02 Å². The number of carboxylic acids is 1. The highest BCUT2D eigenvalue weighted by Crippen LogP contribution is 2.49. The number of hydrogen-bond acceptors (Lipinski definition) is 6. The highest BCUT2D eigenvalue weighted by molar-refractivity contribution is 6.32. The highest BCUT2D eigenvalue weighted by Gasteiger charge is 2.48. The number of carbonyl (C=O) groups excluding carboxylic acids is 1. The molecule has 1 amide bonds. The van der Waals surface area contributed by atoms with Gasteiger partial charge >= 0.3 is 12.1 Å². The summed E-state index contributed by atoms with van der Waals surface area (Å²) < 4.78 is 23.2. The van der Waals surface area contributed by atoms with E-state index in [-0.39, 0.29) is 23.2 Å². The molecule has 1 aromatic carbocycles. The molecule has 2 heterocycles. The fourth-order valence-corrected chi connectivity index (χ4v) is 3.69. The van der Waals surface area contributed by atoms with Crippen molar-refractivity contribution in [3.63, 3.8) is 0 Å². The van der Waals surface area contributed by atoms with Gasteiger partial charge in [-0.05, 0) is 46.6 Å². The van der Waals surface area contributed by atoms with Crippen molar-refractivity contribution in [1.29, 1.82) is 0 Å². The van der Waals surface area contributed by atoms with Gasteiger partial charge < -0.3 is 29.4 Å². The minimum Gasteiger partial charge on any atom is -0.478 e. The van der Waals surface area contributed by atoms with Gasteiger partial charge in [0.15, 0.2) is 11.5 Å². The van der Waals surface area contributed by atoms with Gasteiger partial charge in [-0.3, -0.25) is 0 Å². The van der Waals surface area contributed by atoms with E-state index in [1.165, 1.54) is 6.07 Å². The summed E-state index contributed by atoms with van der Waals surface area (Å²) in [4.78, 5) is 23.4. The minimum absolute atomic E-state index is 0.0628. The van der Waals surface area contributed by atoms with E-state index in [0.29, 0.717) is 29.9 Å². The number of nitrogens with one attached hydrogen (secondary N) is 1. The summed E-state index contributed by atoms with van der Waals surface area (Å²) in [6, 6.07) is 1.17. The lowest BCUT2D eigenvalue weighted by atomic mass is 9.99. The molecule has 1 unspecified atom stereocenters. The van der Waals surface area contributed by atoms with E-state index < -0.39 is 29.6 Å². The third-order valence-corrected chi connectivity index (χ3v) is 5.14. The number of carbonyl (C=O) groups is 2. The zero-order chi connectivity index (χ0) is 21.6. The summed E-state index contributed by atoms with van der Waals surface area (Å²) in [5.74, 6) is -1.61. The first-order chi connectivity index (χ1) is 13.4. The Morgan fingerprint density at radius 3 is 2.48 bits per heavy atom. The number of alkyl carbamates (subject to hydrolysis) is 1. The SMILES string of the molecule is Cc1c(C(=O)O)cc(Cl)c2c1OC(C)([C@@H]1CC[C@@H](NC(=O)OC(C)(C)C)CO1)O2. The monoisotopic (exact) mass is 427 g/mol. The molecule has 3 rings (SSSR count). The summed E-state index contributed by atoms with van der Waals surface area (Å²) in [6.07, 6.45) is 0.304. The number of aromatic carboxylic acids is 1. The first-order valence-electron chi connectivity index (χ1n) is 9.45. The predicted octanol–water partition coefficient (Wildman–Crippen LogP) is 3.91. The summed E-state index contributed by atoms with van der Waals surface area (Å²) >= 11 is 6.22. The van der Waals surface area contributed by atoms with Crippen molar-refractivity contribution in [2.24, 2.45) is 0 Å². The molecular weight excluding hydrogens is 402 g/mol. The largest absolute Gasteiger partial charge is 0.478 e. The summed E-state index contributed by atoms with van der Waals surface area (Å²) in [5, 5.41) is 12.3. The number of benzene rings is 1. The van der Waals surface area contributed by atoms with Crippen LogP contribution in [0.4, 0.5) is 4.79 Å². The van der Waals surface area contributed by atoms with Crippen LogP contribution in [-0.2, 0) is 9.47 Å². The fourth-order valence-electron chi connectivity index (χ4n) is 3.45. The molecule has 0 saturated carbocycles. The van der Waals surface area contributed by atoms with Crippen LogP contribution in [0.5, 0.6) is 11.5 Å². The summed E-state index contributed by atoms with van der Waals surface area (Å²) in [7, 11) is 0. The Balaban J connectivity index is 1.66. The van der Waals surface area contributed by atoms with Gasteiger partial charge in [0.2, 0.25) is 0 Å². The van der Waals surface area contributed by atoms with Crippen molar-refractivity contribution in [3.05, 3.63) is 22.2 Å². The van der Waals surface area contributed by atoms with Gasteiger partial charge in [0.25, 0.3) is 5.79 Å². The number of hydrogen-bond donors (Lipinski definition) is 2. The molecule has 0 aromatic heterocycles. The molecule has 1 saturated heterocycles. The number of amides is 1. The van der Waals surface area contributed by atoms with E-state index in [1.807, 2.05) is 0 Å². The minimum atomic E-state index is -1.15. The van der Waals surface area contributed by atoms with Gasteiger partial charge in [-0.1, -0.05) is 11.6 Å². The number of halogens is 1. The van der Waals surface area contributed by atoms with E-state index >= 15 is 0 Å². The standard InChI is InChI=1S/C20H26ClNO7/c1-10-12(17(23)24)8-13(21)16-15(10)27-20(5,28-16)14-7-6-11(9-26-14)22-18(25)29-19(2,3)4/h8,11,14H,6-7,9H2,1-5H3,(H,22,25)(H,23,24)/t11-,14+,20?/m1/s1. The van der Waals surface area contributed by atoms with Gasteiger partial charge in [0, 0.05) is 12.5 Å². The molecular formula is C20H26ClNO7. The van der Waals surface area contributed by atoms with Crippen molar-refractivity contribution < 1.29 is 33.6 Å². The Bertz CT molecular complexity index is 827. The van der Waals surface area contributed by atoms with Gasteiger partial charge in [-0.15, -0.1) is 0 Å². The van der Waals surface area contributed by atoms with Crippen LogP contribution in [0.1, 0.15) is 56.5 Å². The smallest absolute Gasteiger partial charge is 0.407 e. The third kappa shape index (κ3) is 4.53. The molecule has 1 aromatic rings. The summed E-state index contributed by atoms with van der Waals surface area (Å²) in [6.45, 7) is 9.06. The first-order valence-corrected chi connectivity index (χ1v) is 9.83. The maximum atomic E-state index is 11.9. The van der Waals surface area contributed by atoms with E-state index in [2.05, 4.69) is 5.32 Å². The average molecular weight is 428 g/mol. The molecule has 0 radical (unpaired) electrons. The molecule has 8 nitrogen and oxygen atoms in total. The van der Waals surface area contributed by atoms with Gasteiger partial charge in [-0.25, -0.2) is 9.59 Å². The molecule has 1 fully saturated rings. The molecule has 0 spiro atoms. The molecule has 2 aliphatic rings. The second-order valence-corrected chi connectivity index (χ2v) is 8.86. The van der Waals surface area contributed by atoms with Crippen molar-refractivity contribution in [1.82, 2.24) is 5.32 Å². The first kappa shape index (κ1) is 21.5. The Kier molecular flexibility index (Phi) is 5.62. The Morgan fingerprint density at radius 2 is 1.93 bits per heavy atom. The predicted molar refractivity (Wildman–Crippen MR) is 105 cm³/mol. The second kappa shape index (κ2) is 7.57. The fraction of sp³-hybridized carbons (Fsp3) is 0.600. The van der Waals surface area contributed by atoms with Gasteiger partial charge in [0.1, 0.15) is 11.7 Å². The Labute approximate surface area is 174 Å². The Morgan fingerprint density at radius 1 is 1.28 bits per heavy atom. The number of ether oxygens (including phenoxy) is 4. The topological polar surface area (TPSA) is 103 Å². The lowest BCUT2D eigenvalue weighted by Gasteiger charge is -2.37. The van der Waals surface area contributed by atoms with E-state index in [4.69, 9.17) is 30.5 Å². The normalized spacial score (nSPS) is 26.1. The van der Waals surface area contributed by atoms with Crippen LogP contribution < -0.4 is 14.8 Å². The number of carboxylic acid groups (broad SMARTS) is 1. The third-order valence-electron chi connectivity index (χ3n) is 4.86. The van der Waals surface area contributed by atoms with Crippen molar-refractivity contribution in [3.8, 4) is 11.5 Å². The van der Waals surface area contributed by atoms with Crippen LogP contribution in [0.3, 0.4) is 0 Å². The molecule has 9 heteroatoms. The molecule has 0 bridgehead atoms. The summed E-state index contributed by atoms with van der Waals surface area (Å²) in [5.41, 5.74) is -0.0625. The van der Waals surface area contributed by atoms with Crippen LogP contribution in [-0.4, -0.2) is 47.3 Å². The zero-order valence-corrected chi connectivity index (χ0v) is 17.9.